The van der Waals surface area contributed by atoms with Crippen LogP contribution in [0.2, 0.25) is 0 Å². The van der Waals surface area contributed by atoms with E-state index in [1.165, 1.54) is 64.5 Å². The topological polar surface area (TPSA) is 50.1 Å². The van der Waals surface area contributed by atoms with E-state index in [2.05, 4.69) is 10.6 Å². The molecule has 0 aromatic heterocycles. The SMILES string of the molecule is CNCCCCCCNCCCCCCN. The second-order valence-corrected chi connectivity index (χ2v) is 4.47. The molecule has 0 radical (unpaired) electrons. The van der Waals surface area contributed by atoms with E-state index in [0.29, 0.717) is 0 Å². The second-order valence-electron chi connectivity index (χ2n) is 4.47. The second kappa shape index (κ2) is 14.9. The van der Waals surface area contributed by atoms with Crippen LogP contribution in [0.4, 0.5) is 0 Å². The first-order chi connectivity index (χ1) is 7.91. The van der Waals surface area contributed by atoms with Crippen molar-refractivity contribution in [3.05, 3.63) is 0 Å². The zero-order valence-corrected chi connectivity index (χ0v) is 11.1. The Kier molecular flexibility index (Phi) is 14.8. The molecule has 0 saturated carbocycles. The van der Waals surface area contributed by atoms with Crippen molar-refractivity contribution in [1.29, 1.82) is 0 Å². The van der Waals surface area contributed by atoms with E-state index < -0.39 is 0 Å². The maximum absolute atomic E-state index is 5.44. The molecule has 98 valence electrons. The monoisotopic (exact) mass is 229 g/mol. The van der Waals surface area contributed by atoms with Crippen LogP contribution in [0.1, 0.15) is 51.4 Å². The van der Waals surface area contributed by atoms with Crippen LogP contribution in [0.5, 0.6) is 0 Å². The molecule has 0 saturated heterocycles. The van der Waals surface area contributed by atoms with Crippen LogP contribution in [0, 0.1) is 0 Å². The van der Waals surface area contributed by atoms with Crippen LogP contribution >= 0.6 is 0 Å². The van der Waals surface area contributed by atoms with Gasteiger partial charge in [0, 0.05) is 0 Å². The van der Waals surface area contributed by atoms with Gasteiger partial charge in [-0.25, -0.2) is 0 Å². The summed E-state index contributed by atoms with van der Waals surface area (Å²) in [6.45, 7) is 4.38. The molecule has 0 aliphatic rings. The van der Waals surface area contributed by atoms with E-state index in [4.69, 9.17) is 5.73 Å². The molecule has 0 fully saturated rings. The summed E-state index contributed by atoms with van der Waals surface area (Å²) in [4.78, 5) is 0. The molecule has 0 aromatic carbocycles. The summed E-state index contributed by atoms with van der Waals surface area (Å²) in [5.74, 6) is 0. The molecule has 0 spiro atoms. The van der Waals surface area contributed by atoms with Crippen LogP contribution in [0.25, 0.3) is 0 Å². The van der Waals surface area contributed by atoms with Gasteiger partial charge in [-0.15, -0.1) is 0 Å². The standard InChI is InChI=1S/C13H31N3/c1-15-11-7-4-5-9-13-16-12-8-3-2-6-10-14/h15-16H,2-14H2,1H3. The Morgan fingerprint density at radius 3 is 1.69 bits per heavy atom. The molecular weight excluding hydrogens is 198 g/mol. The quantitative estimate of drug-likeness (QED) is 0.423. The first kappa shape index (κ1) is 15.9. The number of nitrogens with one attached hydrogen (secondary N) is 2. The Bertz CT molecular complexity index is 104. The van der Waals surface area contributed by atoms with Gasteiger partial charge in [-0.1, -0.05) is 25.7 Å². The Labute approximate surface area is 102 Å². The lowest BCUT2D eigenvalue weighted by Crippen LogP contribution is -2.16. The van der Waals surface area contributed by atoms with Crippen LogP contribution in [-0.2, 0) is 0 Å². The Balaban J connectivity index is 2.83. The van der Waals surface area contributed by atoms with E-state index in [1.54, 1.807) is 0 Å². The maximum atomic E-state index is 5.44. The third kappa shape index (κ3) is 13.9. The number of hydrogen-bond donors (Lipinski definition) is 3. The molecule has 0 unspecified atom stereocenters. The molecular formula is C13H31N3. The van der Waals surface area contributed by atoms with Crippen molar-refractivity contribution in [2.24, 2.45) is 5.73 Å². The fourth-order valence-electron chi connectivity index (χ4n) is 1.78. The van der Waals surface area contributed by atoms with Crippen LogP contribution in [0.3, 0.4) is 0 Å². The lowest BCUT2D eigenvalue weighted by molar-refractivity contribution is 0.552. The van der Waals surface area contributed by atoms with Gasteiger partial charge in [0.1, 0.15) is 0 Å². The summed E-state index contributed by atoms with van der Waals surface area (Å²) in [6, 6.07) is 0. The van der Waals surface area contributed by atoms with E-state index >= 15 is 0 Å². The van der Waals surface area contributed by atoms with Crippen molar-refractivity contribution < 1.29 is 0 Å². The zero-order chi connectivity index (χ0) is 11.9. The molecule has 0 amide bonds. The van der Waals surface area contributed by atoms with E-state index in [0.717, 1.165) is 13.1 Å². The molecule has 0 atom stereocenters. The zero-order valence-electron chi connectivity index (χ0n) is 11.1. The molecule has 0 aromatic rings. The van der Waals surface area contributed by atoms with Gasteiger partial charge in [-0.05, 0) is 58.9 Å². The largest absolute Gasteiger partial charge is 0.330 e. The molecule has 0 bridgehead atoms. The Morgan fingerprint density at radius 1 is 0.688 bits per heavy atom. The third-order valence-electron chi connectivity index (χ3n) is 2.84. The number of unbranched alkanes of at least 4 members (excludes halogenated alkanes) is 6. The minimum absolute atomic E-state index is 0.847. The summed E-state index contributed by atoms with van der Waals surface area (Å²) in [7, 11) is 2.02. The highest BCUT2D eigenvalue weighted by molar-refractivity contribution is 4.51. The third-order valence-corrected chi connectivity index (χ3v) is 2.84. The number of rotatable bonds is 13. The highest BCUT2D eigenvalue weighted by Gasteiger charge is 1.91. The van der Waals surface area contributed by atoms with Crippen molar-refractivity contribution in [1.82, 2.24) is 10.6 Å². The van der Waals surface area contributed by atoms with Crippen molar-refractivity contribution >= 4 is 0 Å². The molecule has 3 heteroatoms. The van der Waals surface area contributed by atoms with E-state index in [9.17, 15) is 0 Å². The van der Waals surface area contributed by atoms with E-state index in [-0.39, 0.29) is 0 Å². The van der Waals surface area contributed by atoms with Gasteiger partial charge in [0.05, 0.1) is 0 Å². The van der Waals surface area contributed by atoms with Crippen molar-refractivity contribution in [2.45, 2.75) is 51.4 Å². The lowest BCUT2D eigenvalue weighted by atomic mass is 10.2. The lowest BCUT2D eigenvalue weighted by Gasteiger charge is -2.04. The Hall–Kier alpha value is -0.120. The molecule has 16 heavy (non-hydrogen) atoms. The fraction of sp³-hybridized carbons (Fsp3) is 1.00. The number of hydrogen-bond acceptors (Lipinski definition) is 3. The van der Waals surface area contributed by atoms with Gasteiger partial charge in [0.15, 0.2) is 0 Å². The summed E-state index contributed by atoms with van der Waals surface area (Å²) in [5, 5.41) is 6.69. The normalized spacial score (nSPS) is 10.9. The molecule has 4 N–H and O–H groups in total. The minimum atomic E-state index is 0.847. The Morgan fingerprint density at radius 2 is 1.19 bits per heavy atom. The predicted octanol–water partition coefficient (Wildman–Crippen LogP) is 1.87. The smallest absolute Gasteiger partial charge is 0.00489 e. The number of nitrogens with two attached hydrogens (primary N) is 1. The predicted molar refractivity (Wildman–Crippen MR) is 72.8 cm³/mol. The first-order valence-corrected chi connectivity index (χ1v) is 6.97. The van der Waals surface area contributed by atoms with Gasteiger partial charge in [-0.2, -0.15) is 0 Å². The van der Waals surface area contributed by atoms with Gasteiger partial charge < -0.3 is 16.4 Å². The summed E-state index contributed by atoms with van der Waals surface area (Å²) >= 11 is 0. The molecule has 3 nitrogen and oxygen atoms in total. The maximum Gasteiger partial charge on any atom is -0.00489 e. The van der Waals surface area contributed by atoms with Crippen molar-refractivity contribution in [3.8, 4) is 0 Å². The van der Waals surface area contributed by atoms with Crippen LogP contribution < -0.4 is 16.4 Å². The van der Waals surface area contributed by atoms with Crippen molar-refractivity contribution in [2.75, 3.05) is 33.2 Å². The van der Waals surface area contributed by atoms with Crippen LogP contribution in [0.15, 0.2) is 0 Å². The average molecular weight is 229 g/mol. The summed E-state index contributed by atoms with van der Waals surface area (Å²) in [6.07, 6.45) is 10.5. The molecule has 0 aliphatic carbocycles. The van der Waals surface area contributed by atoms with E-state index in [1.807, 2.05) is 7.05 Å². The molecule has 0 rings (SSSR count). The summed E-state index contributed by atoms with van der Waals surface area (Å²) < 4.78 is 0. The first-order valence-electron chi connectivity index (χ1n) is 6.97. The highest BCUT2D eigenvalue weighted by Crippen LogP contribution is 1.99. The average Bonchev–Trinajstić information content (AvgIpc) is 2.31. The van der Waals surface area contributed by atoms with Gasteiger partial charge in [0.2, 0.25) is 0 Å². The van der Waals surface area contributed by atoms with Crippen molar-refractivity contribution in [3.63, 3.8) is 0 Å². The summed E-state index contributed by atoms with van der Waals surface area (Å²) in [5.41, 5.74) is 5.44. The van der Waals surface area contributed by atoms with Gasteiger partial charge in [0.25, 0.3) is 0 Å². The molecule has 0 heterocycles. The van der Waals surface area contributed by atoms with Crippen LogP contribution in [-0.4, -0.2) is 33.2 Å². The van der Waals surface area contributed by atoms with Gasteiger partial charge in [-0.3, -0.25) is 0 Å². The highest BCUT2D eigenvalue weighted by atomic mass is 14.8. The fourth-order valence-corrected chi connectivity index (χ4v) is 1.78. The minimum Gasteiger partial charge on any atom is -0.330 e. The molecule has 0 aliphatic heterocycles. The van der Waals surface area contributed by atoms with Gasteiger partial charge >= 0.3 is 0 Å².